The largest absolute Gasteiger partial charge is 0.352 e. The number of alkyl halides is 1. The van der Waals surface area contributed by atoms with E-state index in [0.29, 0.717) is 11.9 Å². The van der Waals surface area contributed by atoms with Crippen LogP contribution in [-0.2, 0) is 4.79 Å². The van der Waals surface area contributed by atoms with Crippen molar-refractivity contribution in [3.05, 3.63) is 12.2 Å². The summed E-state index contributed by atoms with van der Waals surface area (Å²) in [6, 6.07) is 0. The number of carbonyl (C=O) groups is 1. The lowest BCUT2D eigenvalue weighted by Crippen LogP contribution is -2.25. The first kappa shape index (κ1) is 8.69. The van der Waals surface area contributed by atoms with Gasteiger partial charge in [-0.05, 0) is 6.92 Å². The summed E-state index contributed by atoms with van der Waals surface area (Å²) in [5, 5.41) is 3.01. The molecule has 0 aliphatic rings. The monoisotopic (exact) mass is 191 g/mol. The Hall–Kier alpha value is -0.310. The average Bonchev–Trinajstić information content (AvgIpc) is 1.83. The van der Waals surface area contributed by atoms with Crippen molar-refractivity contribution in [3.63, 3.8) is 0 Å². The fourth-order valence-corrected chi connectivity index (χ4v) is 0.495. The van der Waals surface area contributed by atoms with Crippen molar-refractivity contribution in [2.24, 2.45) is 0 Å². The quantitative estimate of drug-likeness (QED) is 0.526. The highest BCUT2D eigenvalue weighted by Gasteiger charge is 1.94. The van der Waals surface area contributed by atoms with Gasteiger partial charge in [-0.1, -0.05) is 28.1 Å². The number of hydrogen-bond acceptors (Lipinski definition) is 1. The van der Waals surface area contributed by atoms with Gasteiger partial charge in [0.15, 0.2) is 0 Å². The van der Waals surface area contributed by atoms with Gasteiger partial charge in [0, 0.05) is 6.54 Å². The molecule has 0 aromatic heterocycles. The Balaban J connectivity index is 3.28. The molecular formula is C6H10BrNO. The standard InChI is InChI=1S/C6H10BrNO/c1-5(2)4-8-6(9)3-7/h1,3-4H2,2H3,(H,8,9). The SMILES string of the molecule is C=C(C)CNC(=O)CBr. The molecule has 0 radical (unpaired) electrons. The zero-order chi connectivity index (χ0) is 7.28. The molecule has 0 spiro atoms. The number of hydrogen-bond donors (Lipinski definition) is 1. The van der Waals surface area contributed by atoms with Crippen LogP contribution in [-0.4, -0.2) is 17.8 Å². The lowest BCUT2D eigenvalue weighted by molar-refractivity contribution is -0.118. The van der Waals surface area contributed by atoms with Gasteiger partial charge < -0.3 is 5.32 Å². The van der Waals surface area contributed by atoms with Gasteiger partial charge in [0.2, 0.25) is 5.91 Å². The van der Waals surface area contributed by atoms with Crippen LogP contribution in [0, 0.1) is 0 Å². The van der Waals surface area contributed by atoms with E-state index < -0.39 is 0 Å². The van der Waals surface area contributed by atoms with Gasteiger partial charge >= 0.3 is 0 Å². The van der Waals surface area contributed by atoms with Gasteiger partial charge in [-0.25, -0.2) is 0 Å². The van der Waals surface area contributed by atoms with Crippen molar-refractivity contribution in [1.29, 1.82) is 0 Å². The smallest absolute Gasteiger partial charge is 0.230 e. The Morgan fingerprint density at radius 1 is 1.78 bits per heavy atom. The third-order valence-electron chi connectivity index (χ3n) is 0.709. The molecule has 0 fully saturated rings. The molecule has 9 heavy (non-hydrogen) atoms. The molecule has 0 rings (SSSR count). The van der Waals surface area contributed by atoms with E-state index in [4.69, 9.17) is 0 Å². The molecule has 0 aromatic carbocycles. The molecule has 0 unspecified atom stereocenters. The summed E-state index contributed by atoms with van der Waals surface area (Å²) >= 11 is 3.02. The van der Waals surface area contributed by atoms with Crippen LogP contribution < -0.4 is 5.32 Å². The number of amides is 1. The van der Waals surface area contributed by atoms with Gasteiger partial charge in [-0.15, -0.1) is 0 Å². The summed E-state index contributed by atoms with van der Waals surface area (Å²) in [7, 11) is 0. The maximum absolute atomic E-state index is 10.5. The topological polar surface area (TPSA) is 29.1 Å². The molecule has 0 aromatic rings. The molecule has 52 valence electrons. The summed E-state index contributed by atoms with van der Waals surface area (Å²) in [6.45, 7) is 6.07. The van der Waals surface area contributed by atoms with E-state index in [-0.39, 0.29) is 5.91 Å². The molecule has 0 saturated carbocycles. The minimum absolute atomic E-state index is 0.00185. The van der Waals surface area contributed by atoms with Crippen LogP contribution in [0.25, 0.3) is 0 Å². The number of halogens is 1. The molecule has 0 bridgehead atoms. The predicted octanol–water partition coefficient (Wildman–Crippen LogP) is 1.07. The molecule has 1 N–H and O–H groups in total. The lowest BCUT2D eigenvalue weighted by atomic mass is 10.3. The Bertz CT molecular complexity index is 122. The van der Waals surface area contributed by atoms with Crippen molar-refractivity contribution in [3.8, 4) is 0 Å². The Morgan fingerprint density at radius 2 is 2.33 bits per heavy atom. The minimum atomic E-state index is -0.00185. The first-order valence-electron chi connectivity index (χ1n) is 2.64. The molecule has 0 aliphatic carbocycles. The third-order valence-corrected chi connectivity index (χ3v) is 1.22. The van der Waals surface area contributed by atoms with Gasteiger partial charge in [0.1, 0.15) is 0 Å². The van der Waals surface area contributed by atoms with E-state index in [1.807, 2.05) is 6.92 Å². The molecule has 2 nitrogen and oxygen atoms in total. The normalized spacial score (nSPS) is 8.67. The van der Waals surface area contributed by atoms with Crippen molar-refractivity contribution < 1.29 is 4.79 Å². The summed E-state index contributed by atoms with van der Waals surface area (Å²) in [5.41, 5.74) is 0.962. The summed E-state index contributed by atoms with van der Waals surface area (Å²) in [5.74, 6) is -0.00185. The van der Waals surface area contributed by atoms with Crippen LogP contribution in [0.5, 0.6) is 0 Å². The van der Waals surface area contributed by atoms with Crippen molar-refractivity contribution >= 4 is 21.8 Å². The maximum Gasteiger partial charge on any atom is 0.230 e. The van der Waals surface area contributed by atoms with Gasteiger partial charge in [-0.2, -0.15) is 0 Å². The van der Waals surface area contributed by atoms with Gasteiger partial charge in [-0.3, -0.25) is 4.79 Å². The van der Waals surface area contributed by atoms with Crippen LogP contribution in [0.4, 0.5) is 0 Å². The van der Waals surface area contributed by atoms with E-state index in [0.717, 1.165) is 5.57 Å². The first-order valence-corrected chi connectivity index (χ1v) is 3.76. The Morgan fingerprint density at radius 3 is 2.67 bits per heavy atom. The highest BCUT2D eigenvalue weighted by Crippen LogP contribution is 1.83. The summed E-state index contributed by atoms with van der Waals surface area (Å²) in [6.07, 6.45) is 0. The van der Waals surface area contributed by atoms with Crippen LogP contribution in [0.1, 0.15) is 6.92 Å². The molecule has 0 saturated heterocycles. The van der Waals surface area contributed by atoms with Crippen LogP contribution in [0.3, 0.4) is 0 Å². The number of rotatable bonds is 3. The molecular weight excluding hydrogens is 182 g/mol. The van der Waals surface area contributed by atoms with Gasteiger partial charge in [0.25, 0.3) is 0 Å². The highest BCUT2D eigenvalue weighted by molar-refractivity contribution is 9.09. The van der Waals surface area contributed by atoms with E-state index in [1.54, 1.807) is 0 Å². The van der Waals surface area contributed by atoms with E-state index in [1.165, 1.54) is 0 Å². The summed E-state index contributed by atoms with van der Waals surface area (Å²) < 4.78 is 0. The van der Waals surface area contributed by atoms with Crippen molar-refractivity contribution in [2.75, 3.05) is 11.9 Å². The fourth-order valence-electron chi connectivity index (χ4n) is 0.297. The maximum atomic E-state index is 10.5. The van der Waals surface area contributed by atoms with Crippen molar-refractivity contribution in [1.82, 2.24) is 5.32 Å². The molecule has 3 heteroatoms. The number of carbonyl (C=O) groups excluding carboxylic acids is 1. The molecule has 0 atom stereocenters. The summed E-state index contributed by atoms with van der Waals surface area (Å²) in [4.78, 5) is 10.5. The van der Waals surface area contributed by atoms with Crippen LogP contribution >= 0.6 is 15.9 Å². The zero-order valence-corrected chi connectivity index (χ0v) is 6.99. The van der Waals surface area contributed by atoms with E-state index in [2.05, 4.69) is 27.8 Å². The molecule has 1 amide bonds. The second-order valence-electron chi connectivity index (χ2n) is 1.87. The molecule has 0 heterocycles. The Kier molecular flexibility index (Phi) is 4.40. The van der Waals surface area contributed by atoms with Gasteiger partial charge in [0.05, 0.1) is 5.33 Å². The second-order valence-corrected chi connectivity index (χ2v) is 2.43. The van der Waals surface area contributed by atoms with E-state index >= 15 is 0 Å². The zero-order valence-electron chi connectivity index (χ0n) is 5.41. The van der Waals surface area contributed by atoms with E-state index in [9.17, 15) is 4.79 Å². The third kappa shape index (κ3) is 5.56. The minimum Gasteiger partial charge on any atom is -0.352 e. The Labute approximate surface area is 63.5 Å². The lowest BCUT2D eigenvalue weighted by Gasteiger charge is -1.99. The highest BCUT2D eigenvalue weighted by atomic mass is 79.9. The average molecular weight is 192 g/mol. The first-order chi connectivity index (χ1) is 4.16. The van der Waals surface area contributed by atoms with Crippen LogP contribution in [0.15, 0.2) is 12.2 Å². The van der Waals surface area contributed by atoms with Crippen molar-refractivity contribution in [2.45, 2.75) is 6.92 Å². The molecule has 0 aliphatic heterocycles. The van der Waals surface area contributed by atoms with Crippen LogP contribution in [0.2, 0.25) is 0 Å². The predicted molar refractivity (Wildman–Crippen MR) is 41.6 cm³/mol. The second kappa shape index (κ2) is 4.56. The number of nitrogens with one attached hydrogen (secondary N) is 1. The fraction of sp³-hybridized carbons (Fsp3) is 0.500.